The van der Waals surface area contributed by atoms with Crippen LogP contribution in [0.15, 0.2) is 0 Å². The van der Waals surface area contributed by atoms with Crippen LogP contribution in [0, 0.1) is 0 Å². The van der Waals surface area contributed by atoms with E-state index in [1.165, 1.54) is 147 Å². The van der Waals surface area contributed by atoms with Gasteiger partial charge in [0.15, 0.2) is 18.3 Å². The minimum absolute atomic E-state index is 0.0115. The van der Waals surface area contributed by atoms with E-state index in [0.717, 1.165) is 83.5 Å². The van der Waals surface area contributed by atoms with Crippen molar-refractivity contribution >= 4 is 35.6 Å². The number of carbonyl (C=O) groups excluding carboxylic acids is 4. The zero-order chi connectivity index (χ0) is 50.7. The molecular formula is C59H108O10S. The predicted molar refractivity (Wildman–Crippen MR) is 288 cm³/mol. The number of ether oxygens (including phenoxy) is 5. The molecule has 7 atom stereocenters. The summed E-state index contributed by atoms with van der Waals surface area (Å²) in [6, 6.07) is 0. The Balaban J connectivity index is 2.30. The van der Waals surface area contributed by atoms with Gasteiger partial charge >= 0.3 is 23.9 Å². The molecule has 1 heterocycles. The van der Waals surface area contributed by atoms with Gasteiger partial charge in [-0.3, -0.25) is 19.2 Å². The van der Waals surface area contributed by atoms with E-state index in [1.54, 1.807) is 0 Å². The standard InChI is InChI=1S/C59H108O10S/c1-5-9-13-17-21-25-29-33-37-41-52(61)65-48-51-56(67-53(62)42-38-34-30-26-22-18-14-10-6-2)57(68-54(63)43-39-35-31-27-23-19-15-11-7-3)58(59(66-51)70-50-46-45-49(60)47-50)69-55(64)44-40-36-32-28-24-20-16-12-8-4/h49-51,56-60H,5-48H2,1-4H3/t49?,50?,51-,56+,57+,58-,59+/m1/s1. The van der Waals surface area contributed by atoms with E-state index < -0.39 is 53.9 Å². The normalized spacial score (nSPS) is 21.2. The molecule has 0 spiro atoms. The molecule has 1 saturated carbocycles. The zero-order valence-corrected chi connectivity index (χ0v) is 46.5. The van der Waals surface area contributed by atoms with Crippen LogP contribution < -0.4 is 0 Å². The van der Waals surface area contributed by atoms with E-state index in [2.05, 4.69) is 27.7 Å². The Morgan fingerprint density at radius 3 is 1.07 bits per heavy atom. The summed E-state index contributed by atoms with van der Waals surface area (Å²) in [5, 5.41) is 10.6. The maximum Gasteiger partial charge on any atom is 0.306 e. The Labute approximate surface area is 433 Å². The Kier molecular flexibility index (Phi) is 41.0. The molecule has 2 unspecified atom stereocenters. The molecule has 0 aromatic heterocycles. The first kappa shape index (κ1) is 64.3. The minimum atomic E-state index is -1.16. The second kappa shape index (κ2) is 44.6. The van der Waals surface area contributed by atoms with Gasteiger partial charge in [-0.1, -0.05) is 233 Å². The van der Waals surface area contributed by atoms with E-state index in [-0.39, 0.29) is 43.5 Å². The van der Waals surface area contributed by atoms with Crippen LogP contribution in [-0.4, -0.2) is 76.8 Å². The molecule has 0 radical (unpaired) electrons. The first-order valence-corrected chi connectivity index (χ1v) is 30.9. The van der Waals surface area contributed by atoms with Gasteiger partial charge in [-0.05, 0) is 44.9 Å². The van der Waals surface area contributed by atoms with Crippen molar-refractivity contribution in [3.05, 3.63) is 0 Å². The van der Waals surface area contributed by atoms with Gasteiger partial charge in [0.1, 0.15) is 18.1 Å². The van der Waals surface area contributed by atoms with Gasteiger partial charge in [0.05, 0.1) is 6.10 Å². The molecule has 2 fully saturated rings. The first-order valence-electron chi connectivity index (χ1n) is 29.9. The maximum absolute atomic E-state index is 13.9. The van der Waals surface area contributed by atoms with Crippen molar-refractivity contribution in [1.29, 1.82) is 0 Å². The highest BCUT2D eigenvalue weighted by atomic mass is 32.2. The number of esters is 4. The molecule has 410 valence electrons. The van der Waals surface area contributed by atoms with Crippen LogP contribution in [0.4, 0.5) is 0 Å². The topological polar surface area (TPSA) is 135 Å². The molecular weight excluding hydrogens is 901 g/mol. The lowest BCUT2D eigenvalue weighted by Gasteiger charge is -2.45. The van der Waals surface area contributed by atoms with Gasteiger partial charge in [0, 0.05) is 30.9 Å². The Morgan fingerprint density at radius 2 is 0.729 bits per heavy atom. The largest absolute Gasteiger partial charge is 0.463 e. The zero-order valence-electron chi connectivity index (χ0n) is 45.7. The number of carbonyl (C=O) groups is 4. The molecule has 1 saturated heterocycles. The van der Waals surface area contributed by atoms with Crippen LogP contribution in [-0.2, 0) is 42.9 Å². The van der Waals surface area contributed by atoms with Gasteiger partial charge in [-0.25, -0.2) is 0 Å². The van der Waals surface area contributed by atoms with Crippen molar-refractivity contribution in [2.24, 2.45) is 0 Å². The summed E-state index contributed by atoms with van der Waals surface area (Å²) in [5.74, 6) is -1.62. The highest BCUT2D eigenvalue weighted by Gasteiger charge is 2.53. The lowest BCUT2D eigenvalue weighted by atomic mass is 9.98. The second-order valence-corrected chi connectivity index (χ2v) is 22.5. The summed E-state index contributed by atoms with van der Waals surface area (Å²) in [6.07, 6.45) is 38.3. The lowest BCUT2D eigenvalue weighted by Crippen LogP contribution is -2.62. The minimum Gasteiger partial charge on any atom is -0.463 e. The number of unbranched alkanes of at least 4 members (excludes halogenated alkanes) is 32. The smallest absolute Gasteiger partial charge is 0.306 e. The van der Waals surface area contributed by atoms with E-state index in [0.29, 0.717) is 32.1 Å². The summed E-state index contributed by atoms with van der Waals surface area (Å²) in [5.41, 5.74) is -0.804. The number of thioether (sulfide) groups is 1. The van der Waals surface area contributed by atoms with Crippen LogP contribution in [0.25, 0.3) is 0 Å². The van der Waals surface area contributed by atoms with Crippen molar-refractivity contribution in [1.82, 2.24) is 0 Å². The third kappa shape index (κ3) is 33.1. The third-order valence-corrected chi connectivity index (χ3v) is 15.9. The molecule has 0 aromatic carbocycles. The van der Waals surface area contributed by atoms with Gasteiger partial charge in [0.2, 0.25) is 0 Å². The predicted octanol–water partition coefficient (Wildman–Crippen LogP) is 16.3. The monoisotopic (exact) mass is 1010 g/mol. The van der Waals surface area contributed by atoms with Crippen molar-refractivity contribution in [3.63, 3.8) is 0 Å². The van der Waals surface area contributed by atoms with Crippen molar-refractivity contribution in [2.75, 3.05) is 6.61 Å². The summed E-state index contributed by atoms with van der Waals surface area (Å²) >= 11 is 1.47. The number of rotatable bonds is 47. The maximum atomic E-state index is 13.9. The highest BCUT2D eigenvalue weighted by molar-refractivity contribution is 8.00. The summed E-state index contributed by atoms with van der Waals surface area (Å²) in [4.78, 5) is 54.9. The summed E-state index contributed by atoms with van der Waals surface area (Å²) < 4.78 is 31.8. The molecule has 0 bridgehead atoms. The van der Waals surface area contributed by atoms with Gasteiger partial charge in [0.25, 0.3) is 0 Å². The number of hydrogen-bond acceptors (Lipinski definition) is 11. The average Bonchev–Trinajstić information content (AvgIpc) is 3.76. The highest BCUT2D eigenvalue weighted by Crippen LogP contribution is 2.41. The number of hydrogen-bond donors (Lipinski definition) is 1. The van der Waals surface area contributed by atoms with Crippen molar-refractivity contribution in [2.45, 2.75) is 345 Å². The molecule has 1 N–H and O–H groups in total. The van der Waals surface area contributed by atoms with Crippen LogP contribution >= 0.6 is 11.8 Å². The molecule has 10 nitrogen and oxygen atoms in total. The Morgan fingerprint density at radius 1 is 0.414 bits per heavy atom. The lowest BCUT2D eigenvalue weighted by molar-refractivity contribution is -0.239. The molecule has 11 heteroatoms. The van der Waals surface area contributed by atoms with Gasteiger partial charge in [-0.15, -0.1) is 11.8 Å². The van der Waals surface area contributed by atoms with Gasteiger partial charge < -0.3 is 28.8 Å². The van der Waals surface area contributed by atoms with Crippen LogP contribution in [0.3, 0.4) is 0 Å². The summed E-state index contributed by atoms with van der Waals surface area (Å²) in [6.45, 7) is 8.71. The molecule has 1 aliphatic heterocycles. The molecule has 70 heavy (non-hydrogen) atoms. The van der Waals surface area contributed by atoms with E-state index in [1.807, 2.05) is 0 Å². The number of aliphatic hydroxyl groups is 1. The number of aliphatic hydroxyl groups excluding tert-OH is 1. The van der Waals surface area contributed by atoms with E-state index in [4.69, 9.17) is 23.7 Å². The van der Waals surface area contributed by atoms with Crippen molar-refractivity contribution in [3.8, 4) is 0 Å². The third-order valence-electron chi connectivity index (χ3n) is 14.4. The molecule has 2 aliphatic rings. The Bertz CT molecular complexity index is 1280. The first-order chi connectivity index (χ1) is 34.2. The second-order valence-electron chi connectivity index (χ2n) is 21.1. The molecule has 2 rings (SSSR count). The van der Waals surface area contributed by atoms with Gasteiger partial charge in [-0.2, -0.15) is 0 Å². The average molecular weight is 1010 g/mol. The molecule has 0 aromatic rings. The van der Waals surface area contributed by atoms with E-state index >= 15 is 0 Å². The van der Waals surface area contributed by atoms with Crippen LogP contribution in [0.1, 0.15) is 304 Å². The molecule has 1 aliphatic carbocycles. The molecule has 0 amide bonds. The van der Waals surface area contributed by atoms with E-state index in [9.17, 15) is 24.3 Å². The SMILES string of the molecule is CCCCCCCCCCCC(=O)OC[C@H]1O[C@@H](SC2CCC(O)C2)[C@H](OC(=O)CCCCCCCCCCC)[C@@H](OC(=O)CCCCCCCCCCC)[C@H]1OC(=O)CCCCCCCCCCC. The summed E-state index contributed by atoms with van der Waals surface area (Å²) in [7, 11) is 0. The van der Waals surface area contributed by atoms with Crippen LogP contribution in [0.2, 0.25) is 0 Å². The quantitative estimate of drug-likeness (QED) is 0.0355. The fourth-order valence-electron chi connectivity index (χ4n) is 9.95. The van der Waals surface area contributed by atoms with Crippen LogP contribution in [0.5, 0.6) is 0 Å². The fraction of sp³-hybridized carbons (Fsp3) is 0.932. The van der Waals surface area contributed by atoms with Crippen molar-refractivity contribution < 1.29 is 48.0 Å². The Hall–Kier alpha value is -1.85. The fourth-order valence-corrected chi connectivity index (χ4v) is 11.5.